The van der Waals surface area contributed by atoms with Gasteiger partial charge in [-0.05, 0) is 0 Å². The molecule has 0 aliphatic carbocycles. The zero-order valence-corrected chi connectivity index (χ0v) is 10.0. The number of halogens is 1. The van der Waals surface area contributed by atoms with Crippen LogP contribution in [0.2, 0.25) is 0 Å². The van der Waals surface area contributed by atoms with E-state index in [0.29, 0.717) is 0 Å². The van der Waals surface area contributed by atoms with Gasteiger partial charge < -0.3 is 37.8 Å². The molecular formula is C6H15BrZr. The summed E-state index contributed by atoms with van der Waals surface area (Å²) in [5.74, 6) is 0. The van der Waals surface area contributed by atoms with Gasteiger partial charge in [-0.1, -0.05) is 0 Å². The predicted molar refractivity (Wildman–Crippen MR) is 33.1 cm³/mol. The molecule has 0 N–H and O–H groups in total. The van der Waals surface area contributed by atoms with Gasteiger partial charge in [-0.25, -0.2) is 0 Å². The van der Waals surface area contributed by atoms with Crippen molar-refractivity contribution in [2.24, 2.45) is 0 Å². The van der Waals surface area contributed by atoms with Gasteiger partial charge in [0.15, 0.2) is 0 Å². The van der Waals surface area contributed by atoms with Crippen LogP contribution in [0.1, 0.15) is 20.8 Å². The SMILES string of the molecule is [Br-].[CH2-]C.[CH2-]C.[CH2-]C.[Zr+4]. The van der Waals surface area contributed by atoms with E-state index in [2.05, 4.69) is 20.8 Å². The Bertz CT molecular complexity index is 8.49. The van der Waals surface area contributed by atoms with Crippen LogP contribution in [0.5, 0.6) is 0 Å². The Morgan fingerprint density at radius 2 is 0.625 bits per heavy atom. The minimum atomic E-state index is 0. The smallest absolute Gasteiger partial charge is 1.00 e. The van der Waals surface area contributed by atoms with Gasteiger partial charge in [-0.2, -0.15) is 20.8 Å². The molecule has 0 heterocycles. The number of hydrogen-bond acceptors (Lipinski definition) is 0. The van der Waals surface area contributed by atoms with Gasteiger partial charge in [-0.3, -0.25) is 0 Å². The first-order valence-corrected chi connectivity index (χ1v) is 2.12. The molecular weight excluding hydrogens is 243 g/mol. The van der Waals surface area contributed by atoms with E-state index < -0.39 is 0 Å². The average Bonchev–Trinajstić information content (AvgIpc) is 1.81. The summed E-state index contributed by atoms with van der Waals surface area (Å²) in [6.45, 7) is 15.0. The molecule has 50 valence electrons. The van der Waals surface area contributed by atoms with Gasteiger partial charge in [0.2, 0.25) is 0 Å². The molecule has 0 unspecified atom stereocenters. The molecule has 0 bridgehead atoms. The number of hydrogen-bond donors (Lipinski definition) is 0. The van der Waals surface area contributed by atoms with Gasteiger partial charge in [0, 0.05) is 0 Å². The maximum absolute atomic E-state index is 3.25. The molecule has 0 fully saturated rings. The molecule has 0 aromatic carbocycles. The molecule has 0 saturated carbocycles. The summed E-state index contributed by atoms with van der Waals surface area (Å²) < 4.78 is 0. The molecule has 0 aliphatic rings. The Morgan fingerprint density at radius 1 is 0.625 bits per heavy atom. The zero-order chi connectivity index (χ0) is 6.00. The third kappa shape index (κ3) is 160. The fraction of sp³-hybridized carbons (Fsp3) is 0.500. The first-order valence-electron chi connectivity index (χ1n) is 2.12. The van der Waals surface area contributed by atoms with Crippen molar-refractivity contribution in [2.75, 3.05) is 0 Å². The van der Waals surface area contributed by atoms with Gasteiger partial charge >= 0.3 is 26.2 Å². The molecule has 0 spiro atoms. The van der Waals surface area contributed by atoms with Crippen LogP contribution in [-0.2, 0) is 26.2 Å². The van der Waals surface area contributed by atoms with Crippen LogP contribution in [0, 0.1) is 20.8 Å². The van der Waals surface area contributed by atoms with E-state index in [1.54, 1.807) is 20.8 Å². The van der Waals surface area contributed by atoms with Gasteiger partial charge in [0.25, 0.3) is 0 Å². The van der Waals surface area contributed by atoms with Gasteiger partial charge in [0.05, 0.1) is 0 Å². The van der Waals surface area contributed by atoms with E-state index in [1.165, 1.54) is 0 Å². The van der Waals surface area contributed by atoms with Gasteiger partial charge in [-0.15, -0.1) is 0 Å². The first kappa shape index (κ1) is 34.4. The van der Waals surface area contributed by atoms with Crippen molar-refractivity contribution in [3.63, 3.8) is 0 Å². The summed E-state index contributed by atoms with van der Waals surface area (Å²) in [6, 6.07) is 0. The molecule has 0 nitrogen and oxygen atoms in total. The molecule has 0 saturated heterocycles. The Labute approximate surface area is 84.3 Å². The van der Waals surface area contributed by atoms with E-state index in [9.17, 15) is 0 Å². The quantitative estimate of drug-likeness (QED) is 0.515. The van der Waals surface area contributed by atoms with Crippen molar-refractivity contribution in [2.45, 2.75) is 20.8 Å². The fourth-order valence-electron chi connectivity index (χ4n) is 0. The molecule has 0 aromatic heterocycles. The summed E-state index contributed by atoms with van der Waals surface area (Å²) in [5.41, 5.74) is 0. The summed E-state index contributed by atoms with van der Waals surface area (Å²) in [6.07, 6.45) is 0. The van der Waals surface area contributed by atoms with Crippen molar-refractivity contribution in [3.8, 4) is 0 Å². The Morgan fingerprint density at radius 3 is 0.625 bits per heavy atom. The van der Waals surface area contributed by atoms with Crippen LogP contribution < -0.4 is 17.0 Å². The molecule has 0 rings (SSSR count). The normalized spacial score (nSPS) is 2.25. The summed E-state index contributed by atoms with van der Waals surface area (Å²) >= 11 is 0. The number of rotatable bonds is 0. The van der Waals surface area contributed by atoms with Crippen molar-refractivity contribution >= 4 is 0 Å². The predicted octanol–water partition coefficient (Wildman–Crippen LogP) is -0.477. The molecule has 0 atom stereocenters. The van der Waals surface area contributed by atoms with Crippen LogP contribution in [0.25, 0.3) is 0 Å². The van der Waals surface area contributed by atoms with Crippen LogP contribution in [0.4, 0.5) is 0 Å². The molecule has 0 aromatic rings. The van der Waals surface area contributed by atoms with Crippen molar-refractivity contribution in [1.82, 2.24) is 0 Å². The Hall–Kier alpha value is 1.36. The van der Waals surface area contributed by atoms with Crippen LogP contribution >= 0.6 is 0 Å². The second kappa shape index (κ2) is 244. The van der Waals surface area contributed by atoms with Crippen LogP contribution in [0.3, 0.4) is 0 Å². The average molecular weight is 258 g/mol. The standard InChI is InChI=1S/3C2H5.BrH.Zr/c3*1-2;;/h3*1H2,2H3;1H;/q3*-1;;+4/p-1. The third-order valence-electron chi connectivity index (χ3n) is 0. The third-order valence-corrected chi connectivity index (χ3v) is 0. The molecule has 8 heavy (non-hydrogen) atoms. The molecule has 0 radical (unpaired) electrons. The van der Waals surface area contributed by atoms with E-state index in [4.69, 9.17) is 0 Å². The van der Waals surface area contributed by atoms with Gasteiger partial charge in [0.1, 0.15) is 0 Å². The minimum absolute atomic E-state index is 0. The fourth-order valence-corrected chi connectivity index (χ4v) is 0. The largest absolute Gasteiger partial charge is 4.00 e. The van der Waals surface area contributed by atoms with Crippen molar-refractivity contribution < 1.29 is 43.2 Å². The second-order valence-corrected chi connectivity index (χ2v) is 0. The zero-order valence-electron chi connectivity index (χ0n) is 6.00. The van der Waals surface area contributed by atoms with E-state index in [1.807, 2.05) is 0 Å². The summed E-state index contributed by atoms with van der Waals surface area (Å²) in [5, 5.41) is 0. The summed E-state index contributed by atoms with van der Waals surface area (Å²) in [4.78, 5) is 0. The Kier molecular flexibility index (Phi) is 1050. The van der Waals surface area contributed by atoms with Crippen molar-refractivity contribution in [1.29, 1.82) is 0 Å². The molecule has 2 heteroatoms. The van der Waals surface area contributed by atoms with Crippen LogP contribution in [0.15, 0.2) is 0 Å². The van der Waals surface area contributed by atoms with E-state index >= 15 is 0 Å². The maximum atomic E-state index is 3.25. The Balaban J connectivity index is -0.00000000500. The monoisotopic (exact) mass is 256 g/mol. The summed E-state index contributed by atoms with van der Waals surface area (Å²) in [7, 11) is 0. The minimum Gasteiger partial charge on any atom is -1.00 e. The first-order chi connectivity index (χ1) is 3.00. The van der Waals surface area contributed by atoms with E-state index in [0.717, 1.165) is 0 Å². The van der Waals surface area contributed by atoms with E-state index in [-0.39, 0.29) is 43.2 Å². The van der Waals surface area contributed by atoms with Crippen LogP contribution in [-0.4, -0.2) is 0 Å². The molecule has 0 amide bonds. The van der Waals surface area contributed by atoms with Crippen molar-refractivity contribution in [3.05, 3.63) is 20.8 Å². The second-order valence-electron chi connectivity index (χ2n) is 0. The topological polar surface area (TPSA) is 0 Å². The maximum Gasteiger partial charge on any atom is 4.00 e. The molecule has 0 aliphatic heterocycles.